The Kier molecular flexibility index (Phi) is 7.13. The number of ether oxygens (including phenoxy) is 2. The number of hydrogen-bond donors (Lipinski definition) is 2. The highest BCUT2D eigenvalue weighted by atomic mass is 32.1. The van der Waals surface area contributed by atoms with E-state index in [2.05, 4.69) is 29.5 Å². The van der Waals surface area contributed by atoms with Crippen LogP contribution in [0.25, 0.3) is 0 Å². The van der Waals surface area contributed by atoms with Crippen LogP contribution in [0.2, 0.25) is 0 Å². The molecule has 2 N–H and O–H groups in total. The Morgan fingerprint density at radius 1 is 0.941 bits per heavy atom. The lowest BCUT2D eigenvalue weighted by Gasteiger charge is -2.25. The maximum atomic E-state index is 13.0. The molecule has 2 aromatic heterocycles. The summed E-state index contributed by atoms with van der Waals surface area (Å²) in [6, 6.07) is 20.4. The second kappa shape index (κ2) is 10.4. The van der Waals surface area contributed by atoms with Crippen LogP contribution in [0.1, 0.15) is 38.0 Å². The van der Waals surface area contributed by atoms with Crippen molar-refractivity contribution in [2.75, 3.05) is 24.9 Å². The molecule has 7 heteroatoms. The number of benzene rings is 2. The van der Waals surface area contributed by atoms with Gasteiger partial charge in [-0.05, 0) is 49.7 Å². The maximum Gasteiger partial charge on any atom is 0.256 e. The fourth-order valence-electron chi connectivity index (χ4n) is 3.89. The van der Waals surface area contributed by atoms with Gasteiger partial charge in [-0.2, -0.15) is 0 Å². The summed E-state index contributed by atoms with van der Waals surface area (Å²) in [6.45, 7) is 4.13. The Morgan fingerprint density at radius 2 is 1.71 bits per heavy atom. The highest BCUT2D eigenvalue weighted by molar-refractivity contribution is 7.16. The highest BCUT2D eigenvalue weighted by Gasteiger charge is 2.28. The third-order valence-corrected chi connectivity index (χ3v) is 6.82. The second-order valence-corrected chi connectivity index (χ2v) is 8.95. The van der Waals surface area contributed by atoms with Gasteiger partial charge >= 0.3 is 0 Å². The minimum absolute atomic E-state index is 0.155. The van der Waals surface area contributed by atoms with Crippen molar-refractivity contribution in [3.8, 4) is 11.5 Å². The molecule has 0 fully saturated rings. The molecule has 4 rings (SSSR count). The van der Waals surface area contributed by atoms with Crippen LogP contribution in [0.4, 0.5) is 10.8 Å². The summed E-state index contributed by atoms with van der Waals surface area (Å²) in [4.78, 5) is 18.6. The first-order valence-corrected chi connectivity index (χ1v) is 11.7. The molecule has 0 saturated carbocycles. The van der Waals surface area contributed by atoms with Crippen molar-refractivity contribution in [3.63, 3.8) is 0 Å². The minimum atomic E-state index is -0.351. The van der Waals surface area contributed by atoms with Crippen LogP contribution in [-0.4, -0.2) is 25.1 Å². The third-order valence-electron chi connectivity index (χ3n) is 5.69. The van der Waals surface area contributed by atoms with E-state index in [1.807, 2.05) is 54.6 Å². The fraction of sp³-hybridized carbons (Fsp3) is 0.185. The molecule has 2 heterocycles. The zero-order valence-electron chi connectivity index (χ0n) is 19.6. The zero-order valence-corrected chi connectivity index (χ0v) is 20.4. The average Bonchev–Trinajstić information content (AvgIpc) is 3.15. The lowest BCUT2D eigenvalue weighted by atomic mass is 9.95. The van der Waals surface area contributed by atoms with E-state index in [4.69, 9.17) is 9.47 Å². The summed E-state index contributed by atoms with van der Waals surface area (Å²) >= 11 is 1.56. The van der Waals surface area contributed by atoms with Crippen LogP contribution in [0, 0.1) is 13.8 Å². The summed E-state index contributed by atoms with van der Waals surface area (Å²) in [5, 5.41) is 7.47. The molecule has 1 atom stereocenters. The molecule has 174 valence electrons. The van der Waals surface area contributed by atoms with Gasteiger partial charge in [-0.15, -0.1) is 11.3 Å². The summed E-state index contributed by atoms with van der Waals surface area (Å²) in [7, 11) is 3.25. The van der Waals surface area contributed by atoms with Crippen LogP contribution >= 0.6 is 11.3 Å². The van der Waals surface area contributed by atoms with E-state index in [0.717, 1.165) is 26.6 Å². The third kappa shape index (κ3) is 4.75. The van der Waals surface area contributed by atoms with E-state index in [-0.39, 0.29) is 11.9 Å². The van der Waals surface area contributed by atoms with Gasteiger partial charge in [0.25, 0.3) is 5.91 Å². The van der Waals surface area contributed by atoms with Gasteiger partial charge < -0.3 is 20.1 Å². The molecule has 34 heavy (non-hydrogen) atoms. The van der Waals surface area contributed by atoms with Gasteiger partial charge in [-0.1, -0.05) is 36.4 Å². The predicted molar refractivity (Wildman–Crippen MR) is 137 cm³/mol. The number of thiophene rings is 1. The lowest BCUT2D eigenvalue weighted by Crippen LogP contribution is -2.18. The summed E-state index contributed by atoms with van der Waals surface area (Å²) < 4.78 is 11.3. The molecule has 0 saturated heterocycles. The molecule has 0 aliphatic carbocycles. The summed E-state index contributed by atoms with van der Waals surface area (Å²) in [5.74, 6) is 1.81. The first-order valence-electron chi connectivity index (χ1n) is 10.9. The van der Waals surface area contributed by atoms with Crippen LogP contribution < -0.4 is 20.1 Å². The summed E-state index contributed by atoms with van der Waals surface area (Å²) in [5.41, 5.74) is 3.53. The van der Waals surface area contributed by atoms with Gasteiger partial charge in [0.1, 0.15) is 10.8 Å². The Labute approximate surface area is 203 Å². The maximum absolute atomic E-state index is 13.0. The van der Waals surface area contributed by atoms with Gasteiger partial charge in [0.05, 0.1) is 20.3 Å². The Hall–Kier alpha value is -3.84. The van der Waals surface area contributed by atoms with Crippen molar-refractivity contribution < 1.29 is 14.3 Å². The smallest absolute Gasteiger partial charge is 0.256 e. The van der Waals surface area contributed by atoms with Gasteiger partial charge in [0.2, 0.25) is 0 Å². The van der Waals surface area contributed by atoms with Crippen molar-refractivity contribution in [2.24, 2.45) is 0 Å². The number of methoxy groups -OCH3 is 2. The van der Waals surface area contributed by atoms with E-state index >= 15 is 0 Å². The van der Waals surface area contributed by atoms with E-state index in [9.17, 15) is 4.79 Å². The molecule has 1 amide bonds. The first kappa shape index (κ1) is 23.3. The monoisotopic (exact) mass is 473 g/mol. The topological polar surface area (TPSA) is 72.5 Å². The minimum Gasteiger partial charge on any atom is -0.493 e. The molecule has 2 aromatic carbocycles. The average molecular weight is 474 g/mol. The van der Waals surface area contributed by atoms with Crippen molar-refractivity contribution in [2.45, 2.75) is 19.9 Å². The largest absolute Gasteiger partial charge is 0.493 e. The molecular formula is C27H27N3O3S. The van der Waals surface area contributed by atoms with E-state index in [0.29, 0.717) is 22.9 Å². The van der Waals surface area contributed by atoms with Crippen LogP contribution in [-0.2, 0) is 0 Å². The van der Waals surface area contributed by atoms with E-state index in [1.165, 1.54) is 0 Å². The van der Waals surface area contributed by atoms with Gasteiger partial charge in [0.15, 0.2) is 11.5 Å². The number of rotatable bonds is 8. The fourth-order valence-corrected chi connectivity index (χ4v) is 4.98. The normalized spacial score (nSPS) is 11.5. The molecule has 0 spiro atoms. The SMILES string of the molecule is COc1cccc([C@H](Nc2ccccn2)c2c(NC(=O)c3ccccc3)sc(C)c2C)c1OC. The Balaban J connectivity index is 1.85. The van der Waals surface area contributed by atoms with Crippen LogP contribution in [0.15, 0.2) is 72.9 Å². The predicted octanol–water partition coefficient (Wildman–Crippen LogP) is 6.23. The quantitative estimate of drug-likeness (QED) is 0.317. The number of carbonyl (C=O) groups is 1. The number of amides is 1. The number of hydrogen-bond acceptors (Lipinski definition) is 6. The number of nitrogens with zero attached hydrogens (tertiary/aromatic N) is 1. The number of anilines is 2. The van der Waals surface area contributed by atoms with E-state index in [1.54, 1.807) is 43.9 Å². The standard InChI is InChI=1S/C27H27N3O3S/c1-17-18(2)34-27(30-26(31)19-11-6-5-7-12-19)23(17)24(29-22-15-8-9-16-28-22)20-13-10-14-21(32-3)25(20)33-4/h5-16,24H,1-4H3,(H,28,29)(H,30,31)/t24-/m0/s1. The first-order chi connectivity index (χ1) is 16.5. The molecular weight excluding hydrogens is 446 g/mol. The van der Waals surface area contributed by atoms with Crippen LogP contribution in [0.5, 0.6) is 11.5 Å². The lowest BCUT2D eigenvalue weighted by molar-refractivity contribution is 0.102. The Morgan fingerprint density at radius 3 is 2.38 bits per heavy atom. The van der Waals surface area contributed by atoms with Crippen molar-refractivity contribution in [3.05, 3.63) is 100 Å². The number of nitrogens with one attached hydrogen (secondary N) is 2. The molecule has 0 aliphatic heterocycles. The molecule has 0 radical (unpaired) electrons. The number of pyridine rings is 1. The van der Waals surface area contributed by atoms with Crippen LogP contribution in [0.3, 0.4) is 0 Å². The summed E-state index contributed by atoms with van der Waals surface area (Å²) in [6.07, 6.45) is 1.74. The number of carbonyl (C=O) groups excluding carboxylic acids is 1. The van der Waals surface area contributed by atoms with Gasteiger partial charge in [-0.25, -0.2) is 4.98 Å². The van der Waals surface area contributed by atoms with E-state index < -0.39 is 0 Å². The van der Waals surface area contributed by atoms with Gasteiger partial charge in [-0.3, -0.25) is 4.79 Å². The Bertz CT molecular complexity index is 1270. The van der Waals surface area contributed by atoms with Crippen molar-refractivity contribution in [1.82, 2.24) is 4.98 Å². The second-order valence-electron chi connectivity index (χ2n) is 7.72. The highest BCUT2D eigenvalue weighted by Crippen LogP contribution is 2.45. The number of aryl methyl sites for hydroxylation is 1. The van der Waals surface area contributed by atoms with Crippen molar-refractivity contribution in [1.29, 1.82) is 0 Å². The van der Waals surface area contributed by atoms with Crippen molar-refractivity contribution >= 4 is 28.1 Å². The zero-order chi connectivity index (χ0) is 24.1. The molecule has 0 bridgehead atoms. The molecule has 0 aliphatic rings. The number of para-hydroxylation sites is 1. The number of aromatic nitrogens is 1. The van der Waals surface area contributed by atoms with Gasteiger partial charge in [0, 0.05) is 27.8 Å². The molecule has 6 nitrogen and oxygen atoms in total. The molecule has 4 aromatic rings. The molecule has 0 unspecified atom stereocenters.